The fraction of sp³-hybridized carbons (Fsp3) is 0.231. The summed E-state index contributed by atoms with van der Waals surface area (Å²) in [7, 11) is -4.54. The summed E-state index contributed by atoms with van der Waals surface area (Å²) >= 11 is 0. The number of rotatable bonds is 11. The van der Waals surface area contributed by atoms with E-state index in [1.165, 1.54) is 23.3 Å². The first-order valence-electron chi connectivity index (χ1n) is 21.9. The van der Waals surface area contributed by atoms with E-state index in [-0.39, 0.29) is 16.2 Å². The number of aromatic amines is 4. The topological polar surface area (TPSA) is 169 Å². The van der Waals surface area contributed by atoms with Gasteiger partial charge in [-0.25, -0.2) is 19.9 Å². The SMILES string of the molecule is CCC(C)(c1ccc2nc(-c3ccc(-c4nc5ccc(C(C)C)cc5[nH]4)cc3)[nH]c2c1)C(C)c1ccc2nc(-c3cc(-c4nc5ccc(C(C)C)cc5[nH]4)cc(S(=O)(=O)O)c3)[nH]c2c1. The van der Waals surface area contributed by atoms with E-state index in [1.807, 2.05) is 24.3 Å². The molecule has 64 heavy (non-hydrogen) atoms. The maximum Gasteiger partial charge on any atom is 0.294 e. The Morgan fingerprint density at radius 2 is 0.875 bits per heavy atom. The molecule has 4 aromatic heterocycles. The number of nitrogens with one attached hydrogen (secondary N) is 4. The zero-order chi connectivity index (χ0) is 44.7. The van der Waals surface area contributed by atoms with Crippen LogP contribution in [0.2, 0.25) is 0 Å². The summed E-state index contributed by atoms with van der Waals surface area (Å²) in [6, 6.07) is 38.3. The molecule has 0 fully saturated rings. The number of H-pyrrole nitrogens is 4. The number of imidazole rings is 4. The number of hydrogen-bond donors (Lipinski definition) is 5. The minimum atomic E-state index is -4.54. The van der Waals surface area contributed by atoms with Crippen molar-refractivity contribution in [3.05, 3.63) is 138 Å². The lowest BCUT2D eigenvalue weighted by molar-refractivity contribution is 0.382. The highest BCUT2D eigenvalue weighted by atomic mass is 32.2. The van der Waals surface area contributed by atoms with E-state index in [9.17, 15) is 13.0 Å². The summed E-state index contributed by atoms with van der Waals surface area (Å²) in [5.41, 5.74) is 14.6. The van der Waals surface area contributed by atoms with Crippen molar-refractivity contribution in [2.24, 2.45) is 0 Å². The van der Waals surface area contributed by atoms with Gasteiger partial charge in [-0.3, -0.25) is 4.55 Å². The van der Waals surface area contributed by atoms with Crippen LogP contribution in [-0.4, -0.2) is 52.8 Å². The normalized spacial score (nSPS) is 13.8. The van der Waals surface area contributed by atoms with Gasteiger partial charge in [-0.15, -0.1) is 0 Å². The van der Waals surface area contributed by atoms with Crippen LogP contribution in [0, 0.1) is 0 Å². The Hall–Kier alpha value is -6.89. The summed E-state index contributed by atoms with van der Waals surface area (Å²) in [6.45, 7) is 15.4. The predicted octanol–water partition coefficient (Wildman–Crippen LogP) is 12.8. The standard InChI is InChI=1S/C52H50N8O3S/c1-8-52(7,38-16-20-43-47(27-38)60-49(54-43)32-11-9-31(10-12-32)48-53-40-17-13-33(28(2)3)24-44(40)57-48)30(6)35-15-19-42-46(26-35)59-51(56-42)37-21-36(22-39(23-37)64(61,62)63)50-55-41-18-14-34(29(4)5)25-45(41)58-50/h9-30H,8H2,1-7H3,(H,53,57)(H,54,60)(H,55,58)(H,56,59)(H,61,62,63). The van der Waals surface area contributed by atoms with Crippen LogP contribution in [0.4, 0.5) is 0 Å². The van der Waals surface area contributed by atoms with Crippen LogP contribution in [0.5, 0.6) is 0 Å². The molecule has 12 heteroatoms. The Morgan fingerprint density at radius 1 is 0.500 bits per heavy atom. The van der Waals surface area contributed by atoms with Crippen molar-refractivity contribution in [2.45, 2.75) is 83.0 Å². The molecule has 0 bridgehead atoms. The summed E-state index contributed by atoms with van der Waals surface area (Å²) in [5, 5.41) is 0. The molecule has 0 amide bonds. The maximum atomic E-state index is 12.5. The van der Waals surface area contributed by atoms with E-state index in [4.69, 9.17) is 19.9 Å². The molecule has 10 aromatic rings. The van der Waals surface area contributed by atoms with Crippen LogP contribution >= 0.6 is 0 Å². The minimum Gasteiger partial charge on any atom is -0.338 e. The molecule has 0 aliphatic heterocycles. The second-order valence-corrected chi connectivity index (χ2v) is 19.4. The maximum absolute atomic E-state index is 12.5. The third kappa shape index (κ3) is 7.36. The van der Waals surface area contributed by atoms with Gasteiger partial charge in [0.1, 0.15) is 23.3 Å². The molecule has 2 unspecified atom stereocenters. The number of nitrogens with zero attached hydrogens (tertiary/aromatic N) is 4. The lowest BCUT2D eigenvalue weighted by Crippen LogP contribution is -2.28. The van der Waals surface area contributed by atoms with Gasteiger partial charge in [0.25, 0.3) is 10.1 Å². The van der Waals surface area contributed by atoms with Gasteiger partial charge in [-0.2, -0.15) is 8.42 Å². The van der Waals surface area contributed by atoms with Gasteiger partial charge >= 0.3 is 0 Å². The molecule has 4 heterocycles. The summed E-state index contributed by atoms with van der Waals surface area (Å²) in [4.78, 5) is 33.1. The van der Waals surface area contributed by atoms with Crippen molar-refractivity contribution in [3.63, 3.8) is 0 Å². The van der Waals surface area contributed by atoms with E-state index in [2.05, 4.69) is 147 Å². The molecule has 0 spiro atoms. The van der Waals surface area contributed by atoms with Crippen LogP contribution in [-0.2, 0) is 15.5 Å². The lowest BCUT2D eigenvalue weighted by Gasteiger charge is -2.36. The fourth-order valence-corrected chi connectivity index (χ4v) is 9.47. The zero-order valence-corrected chi connectivity index (χ0v) is 37.7. The Kier molecular flexibility index (Phi) is 9.91. The van der Waals surface area contributed by atoms with Crippen molar-refractivity contribution in [3.8, 4) is 45.6 Å². The van der Waals surface area contributed by atoms with Crippen molar-refractivity contribution < 1.29 is 13.0 Å². The van der Waals surface area contributed by atoms with E-state index in [0.717, 1.165) is 84.5 Å². The summed E-state index contributed by atoms with van der Waals surface area (Å²) in [6.07, 6.45) is 0.890. The van der Waals surface area contributed by atoms with Crippen LogP contribution < -0.4 is 0 Å². The predicted molar refractivity (Wildman–Crippen MR) is 257 cm³/mol. The van der Waals surface area contributed by atoms with Crippen LogP contribution in [0.3, 0.4) is 0 Å². The number of aromatic nitrogens is 8. The first-order chi connectivity index (χ1) is 30.6. The molecule has 322 valence electrons. The van der Waals surface area contributed by atoms with E-state index in [0.29, 0.717) is 34.6 Å². The smallest absolute Gasteiger partial charge is 0.294 e. The third-order valence-electron chi connectivity index (χ3n) is 13.4. The highest BCUT2D eigenvalue weighted by molar-refractivity contribution is 7.85. The molecule has 11 nitrogen and oxygen atoms in total. The summed E-state index contributed by atoms with van der Waals surface area (Å²) < 4.78 is 35.3. The molecule has 2 atom stereocenters. The molecule has 0 radical (unpaired) electrons. The van der Waals surface area contributed by atoms with E-state index in [1.54, 1.807) is 0 Å². The van der Waals surface area contributed by atoms with Crippen LogP contribution in [0.1, 0.15) is 94.9 Å². The molecule has 0 saturated heterocycles. The second-order valence-electron chi connectivity index (χ2n) is 18.0. The van der Waals surface area contributed by atoms with E-state index < -0.39 is 10.1 Å². The quantitative estimate of drug-likeness (QED) is 0.0806. The Bertz CT molecular complexity index is 3520. The first-order valence-corrected chi connectivity index (χ1v) is 23.3. The van der Waals surface area contributed by atoms with Crippen LogP contribution in [0.25, 0.3) is 89.7 Å². The average Bonchev–Trinajstić information content (AvgIpc) is 4.11. The van der Waals surface area contributed by atoms with Crippen molar-refractivity contribution >= 4 is 54.3 Å². The van der Waals surface area contributed by atoms with Gasteiger partial charge in [0, 0.05) is 22.3 Å². The van der Waals surface area contributed by atoms with E-state index >= 15 is 0 Å². The summed E-state index contributed by atoms with van der Waals surface area (Å²) in [5.74, 6) is 3.52. The zero-order valence-electron chi connectivity index (χ0n) is 36.9. The van der Waals surface area contributed by atoms with Crippen molar-refractivity contribution in [1.29, 1.82) is 0 Å². The monoisotopic (exact) mass is 866 g/mol. The molecule has 0 aliphatic carbocycles. The largest absolute Gasteiger partial charge is 0.338 e. The van der Waals surface area contributed by atoms with Gasteiger partial charge in [0.2, 0.25) is 0 Å². The average molecular weight is 867 g/mol. The molecule has 0 saturated carbocycles. The van der Waals surface area contributed by atoms with Gasteiger partial charge in [0.05, 0.1) is 49.0 Å². The molecule has 10 rings (SSSR count). The third-order valence-corrected chi connectivity index (χ3v) is 14.2. The lowest BCUT2D eigenvalue weighted by atomic mass is 9.68. The number of hydrogen-bond acceptors (Lipinski definition) is 6. The van der Waals surface area contributed by atoms with Crippen LogP contribution in [0.15, 0.2) is 120 Å². The molecule has 0 aliphatic rings. The number of benzene rings is 6. The van der Waals surface area contributed by atoms with Crippen molar-refractivity contribution in [2.75, 3.05) is 0 Å². The van der Waals surface area contributed by atoms with Crippen molar-refractivity contribution in [1.82, 2.24) is 39.9 Å². The molecular weight excluding hydrogens is 817 g/mol. The fourth-order valence-electron chi connectivity index (χ4n) is 8.92. The Labute approximate surface area is 371 Å². The van der Waals surface area contributed by atoms with Gasteiger partial charge in [-0.05, 0) is 119 Å². The molecular formula is C52H50N8O3S. The Morgan fingerprint density at radius 3 is 1.28 bits per heavy atom. The first kappa shape index (κ1) is 41.1. The highest BCUT2D eigenvalue weighted by Gasteiger charge is 2.33. The van der Waals surface area contributed by atoms with Gasteiger partial charge < -0.3 is 19.9 Å². The van der Waals surface area contributed by atoms with Gasteiger partial charge in [0.15, 0.2) is 0 Å². The number of fused-ring (bicyclic) bond motifs is 4. The second kappa shape index (κ2) is 15.4. The molecule has 6 aromatic carbocycles. The van der Waals surface area contributed by atoms with Gasteiger partial charge in [-0.1, -0.05) is 97.0 Å². The minimum absolute atomic E-state index is 0.106. The highest BCUT2D eigenvalue weighted by Crippen LogP contribution is 2.43. The Balaban J connectivity index is 0.923. The molecule has 5 N–H and O–H groups in total.